The largest absolute Gasteiger partial charge is 0.478 e. The molecule has 2 heterocycles. The third kappa shape index (κ3) is 2.90. The molecule has 0 spiro atoms. The van der Waals surface area contributed by atoms with Crippen LogP contribution in [0.2, 0.25) is 0 Å². The van der Waals surface area contributed by atoms with Crippen LogP contribution in [-0.4, -0.2) is 48.1 Å². The summed E-state index contributed by atoms with van der Waals surface area (Å²) >= 11 is 0. The summed E-state index contributed by atoms with van der Waals surface area (Å²) in [5, 5.41) is 17.3. The maximum Gasteiger partial charge on any atom is 0.339 e. The Morgan fingerprint density at radius 3 is 2.81 bits per heavy atom. The number of carboxylic acid groups (broad SMARTS) is 1. The maximum absolute atomic E-state index is 11.4. The number of nitrogens with one attached hydrogen (secondary N) is 1. The van der Waals surface area contributed by atoms with E-state index in [4.69, 9.17) is 0 Å². The summed E-state index contributed by atoms with van der Waals surface area (Å²) < 4.78 is 13.1. The van der Waals surface area contributed by atoms with E-state index in [1.54, 1.807) is 18.0 Å². The van der Waals surface area contributed by atoms with Crippen molar-refractivity contribution in [2.24, 2.45) is 7.05 Å². The van der Waals surface area contributed by atoms with Crippen molar-refractivity contribution >= 4 is 33.5 Å². The molecule has 0 saturated carbocycles. The average Bonchev–Trinajstić information content (AvgIpc) is 2.70. The second-order valence-electron chi connectivity index (χ2n) is 4.95. The molecule has 0 amide bonds. The summed E-state index contributed by atoms with van der Waals surface area (Å²) in [5.41, 5.74) is 1.89. The first-order valence-corrected chi connectivity index (χ1v) is 8.06. The number of hydrogen-bond donors (Lipinski definition) is 2. The first kappa shape index (κ1) is 15.4. The molecule has 8 heteroatoms. The molecular weight excluding hydrogens is 292 g/mol. The number of hydrogen-bond acceptors (Lipinski definition) is 5. The van der Waals surface area contributed by atoms with Crippen molar-refractivity contribution < 1.29 is 14.1 Å². The van der Waals surface area contributed by atoms with Crippen molar-refractivity contribution in [3.05, 3.63) is 17.5 Å². The van der Waals surface area contributed by atoms with Gasteiger partial charge in [0.15, 0.2) is 5.65 Å². The number of carboxylic acids is 1. The van der Waals surface area contributed by atoms with E-state index in [1.807, 2.05) is 13.8 Å². The molecule has 2 aromatic rings. The monoisotopic (exact) mass is 310 g/mol. The smallest absolute Gasteiger partial charge is 0.339 e. The van der Waals surface area contributed by atoms with Crippen LogP contribution in [-0.2, 0) is 17.8 Å². The highest BCUT2D eigenvalue weighted by atomic mass is 32.2. The lowest BCUT2D eigenvalue weighted by atomic mass is 10.1. The zero-order valence-corrected chi connectivity index (χ0v) is 13.2. The zero-order valence-electron chi connectivity index (χ0n) is 12.4. The van der Waals surface area contributed by atoms with E-state index in [0.717, 1.165) is 0 Å². The van der Waals surface area contributed by atoms with Gasteiger partial charge >= 0.3 is 5.97 Å². The first-order valence-electron chi connectivity index (χ1n) is 6.44. The van der Waals surface area contributed by atoms with Crippen LogP contribution in [0.3, 0.4) is 0 Å². The van der Waals surface area contributed by atoms with Crippen molar-refractivity contribution in [3.8, 4) is 0 Å². The highest BCUT2D eigenvalue weighted by Crippen LogP contribution is 2.28. The fraction of sp³-hybridized carbons (Fsp3) is 0.462. The fourth-order valence-corrected chi connectivity index (χ4v) is 2.44. The minimum Gasteiger partial charge on any atom is -0.478 e. The van der Waals surface area contributed by atoms with Crippen LogP contribution in [0.1, 0.15) is 23.0 Å². The molecule has 0 aliphatic heterocycles. The Labute approximate surface area is 124 Å². The number of nitrogens with zero attached hydrogens (tertiary/aromatic N) is 3. The number of aromatic carboxylic acids is 1. The molecule has 2 rings (SSSR count). The van der Waals surface area contributed by atoms with Crippen molar-refractivity contribution in [1.82, 2.24) is 14.8 Å². The molecule has 2 atom stereocenters. The molecular formula is C13H18N4O3S. The Hall–Kier alpha value is -1.96. The van der Waals surface area contributed by atoms with Crippen molar-refractivity contribution in [2.75, 3.05) is 18.1 Å². The number of aryl methyl sites for hydroxylation is 2. The lowest BCUT2D eigenvalue weighted by Crippen LogP contribution is -2.22. The number of aromatic nitrogens is 3. The molecule has 0 fully saturated rings. The van der Waals surface area contributed by atoms with Crippen LogP contribution in [0.15, 0.2) is 6.20 Å². The van der Waals surface area contributed by atoms with Gasteiger partial charge in [-0.3, -0.25) is 8.89 Å². The summed E-state index contributed by atoms with van der Waals surface area (Å²) in [4.78, 5) is 15.6. The van der Waals surface area contributed by atoms with E-state index in [-0.39, 0.29) is 10.8 Å². The van der Waals surface area contributed by atoms with Crippen LogP contribution in [0.4, 0.5) is 5.69 Å². The lowest BCUT2D eigenvalue weighted by Gasteiger charge is -2.14. The molecule has 2 unspecified atom stereocenters. The van der Waals surface area contributed by atoms with Gasteiger partial charge in [0.05, 0.1) is 16.8 Å². The second kappa shape index (κ2) is 5.80. The molecule has 0 saturated heterocycles. The van der Waals surface area contributed by atoms with Gasteiger partial charge in [-0.25, -0.2) is 9.78 Å². The predicted octanol–water partition coefficient (Wildman–Crippen LogP) is 1.15. The van der Waals surface area contributed by atoms with Gasteiger partial charge in [-0.05, 0) is 13.8 Å². The summed E-state index contributed by atoms with van der Waals surface area (Å²) in [7, 11) is 0.779. The van der Waals surface area contributed by atoms with Gasteiger partial charge in [0.2, 0.25) is 0 Å². The number of rotatable bonds is 5. The molecule has 7 nitrogen and oxygen atoms in total. The number of anilines is 1. The van der Waals surface area contributed by atoms with E-state index >= 15 is 0 Å². The quantitative estimate of drug-likeness (QED) is 0.860. The van der Waals surface area contributed by atoms with Gasteiger partial charge in [-0.15, -0.1) is 0 Å². The van der Waals surface area contributed by atoms with Gasteiger partial charge in [-0.1, -0.05) is 0 Å². The lowest BCUT2D eigenvalue weighted by molar-refractivity contribution is 0.0697. The van der Waals surface area contributed by atoms with Gasteiger partial charge < -0.3 is 10.4 Å². The van der Waals surface area contributed by atoms with Crippen molar-refractivity contribution in [2.45, 2.75) is 19.1 Å². The molecule has 0 aromatic carbocycles. The van der Waals surface area contributed by atoms with Gasteiger partial charge in [0, 0.05) is 42.1 Å². The third-order valence-electron chi connectivity index (χ3n) is 3.39. The third-order valence-corrected chi connectivity index (χ3v) is 4.69. The Bertz CT molecular complexity index is 726. The summed E-state index contributed by atoms with van der Waals surface area (Å²) in [6.45, 7) is 4.07. The van der Waals surface area contributed by atoms with Gasteiger partial charge in [-0.2, -0.15) is 5.10 Å². The second-order valence-corrected chi connectivity index (χ2v) is 6.75. The number of pyridine rings is 1. The molecule has 2 N–H and O–H groups in total. The molecule has 0 aliphatic rings. The highest BCUT2D eigenvalue weighted by molar-refractivity contribution is 7.84. The Morgan fingerprint density at radius 2 is 2.24 bits per heavy atom. The van der Waals surface area contributed by atoms with Crippen LogP contribution < -0.4 is 5.32 Å². The minimum atomic E-state index is -1.06. The van der Waals surface area contributed by atoms with Crippen molar-refractivity contribution in [3.63, 3.8) is 0 Å². The Kier molecular flexibility index (Phi) is 4.26. The molecule has 21 heavy (non-hydrogen) atoms. The van der Waals surface area contributed by atoms with Crippen LogP contribution in [0.25, 0.3) is 11.0 Å². The molecule has 0 aliphatic carbocycles. The molecule has 114 valence electrons. The average molecular weight is 310 g/mol. The number of fused-ring (bicyclic) bond motifs is 1. The van der Waals surface area contributed by atoms with E-state index < -0.39 is 16.8 Å². The molecule has 2 aromatic heterocycles. The van der Waals surface area contributed by atoms with Gasteiger partial charge in [0.1, 0.15) is 5.56 Å². The fourth-order valence-electron chi connectivity index (χ4n) is 2.12. The van der Waals surface area contributed by atoms with E-state index in [2.05, 4.69) is 15.4 Å². The number of carbonyl (C=O) groups is 1. The topological polar surface area (TPSA) is 97.1 Å². The molecule has 0 bridgehead atoms. The predicted molar refractivity (Wildman–Crippen MR) is 82.2 cm³/mol. The van der Waals surface area contributed by atoms with Crippen LogP contribution >= 0.6 is 0 Å². The van der Waals surface area contributed by atoms with E-state index in [9.17, 15) is 14.1 Å². The SMILES string of the molecule is Cc1nn(C)c2ncc(C(=O)O)c(NCC(C)S(C)=O)c12. The van der Waals surface area contributed by atoms with Crippen LogP contribution in [0.5, 0.6) is 0 Å². The summed E-state index contributed by atoms with van der Waals surface area (Å²) in [6, 6.07) is 0. The highest BCUT2D eigenvalue weighted by Gasteiger charge is 2.20. The first-order chi connectivity index (χ1) is 9.82. The molecule has 0 radical (unpaired) electrons. The summed E-state index contributed by atoms with van der Waals surface area (Å²) in [5.74, 6) is -1.06. The normalized spacial score (nSPS) is 14.1. The maximum atomic E-state index is 11.4. The van der Waals surface area contributed by atoms with Crippen LogP contribution in [0, 0.1) is 6.92 Å². The standard InChI is InChI=1S/C13H18N4O3S/c1-7(21(4)20)5-14-11-9(13(18)19)6-15-12-10(11)8(2)16-17(12)3/h6-7H,5H2,1-4H3,(H,14,15)(H,18,19). The Morgan fingerprint density at radius 1 is 1.57 bits per heavy atom. The summed E-state index contributed by atoms with van der Waals surface area (Å²) in [6.07, 6.45) is 2.95. The van der Waals surface area contributed by atoms with Crippen molar-refractivity contribution in [1.29, 1.82) is 0 Å². The minimum absolute atomic E-state index is 0.0904. The van der Waals surface area contributed by atoms with Gasteiger partial charge in [0.25, 0.3) is 0 Å². The van der Waals surface area contributed by atoms with E-state index in [0.29, 0.717) is 29.0 Å². The van der Waals surface area contributed by atoms with E-state index in [1.165, 1.54) is 6.20 Å². The Balaban J connectivity index is 2.54. The zero-order chi connectivity index (χ0) is 15.7.